The zero-order chi connectivity index (χ0) is 9.47. The lowest BCUT2D eigenvalue weighted by Gasteiger charge is -2.17. The summed E-state index contributed by atoms with van der Waals surface area (Å²) in [4.78, 5) is 15.4. The second-order valence-electron chi connectivity index (χ2n) is 3.30. The normalized spacial score (nSPS) is 26.5. The molecule has 0 aliphatic carbocycles. The van der Waals surface area contributed by atoms with Crippen LogP contribution in [0.15, 0.2) is 24.9 Å². The molecule has 1 aromatic rings. The summed E-state index contributed by atoms with van der Waals surface area (Å²) < 4.78 is 6.60. The summed E-state index contributed by atoms with van der Waals surface area (Å²) in [6.45, 7) is 1.82. The molecule has 1 aliphatic heterocycles. The Morgan fingerprint density at radius 2 is 2.38 bits per heavy atom. The van der Waals surface area contributed by atoms with E-state index >= 15 is 0 Å². The Bertz CT molecular complexity index is 381. The van der Waals surface area contributed by atoms with Crippen LogP contribution in [0.4, 0.5) is 0 Å². The molecule has 1 unspecified atom stereocenters. The van der Waals surface area contributed by atoms with Gasteiger partial charge in [-0.2, -0.15) is 0 Å². The summed E-state index contributed by atoms with van der Waals surface area (Å²) >= 11 is 0. The maximum atomic E-state index is 11.4. The fourth-order valence-corrected chi connectivity index (χ4v) is 1.47. The quantitative estimate of drug-likeness (QED) is 0.596. The molecule has 2 rings (SSSR count). The van der Waals surface area contributed by atoms with Crippen LogP contribution in [-0.4, -0.2) is 15.5 Å². The molecule has 1 aromatic heterocycles. The molecule has 0 amide bonds. The van der Waals surface area contributed by atoms with E-state index in [0.717, 1.165) is 5.69 Å². The molecule has 0 aromatic carbocycles. The van der Waals surface area contributed by atoms with E-state index in [0.29, 0.717) is 0 Å². The van der Waals surface area contributed by atoms with Crippen LogP contribution in [0, 0.1) is 0 Å². The van der Waals surface area contributed by atoms with Gasteiger partial charge in [0.05, 0.1) is 18.3 Å². The third kappa shape index (κ3) is 0.983. The molecular weight excluding hydrogens is 168 g/mol. The third-order valence-corrected chi connectivity index (χ3v) is 2.35. The predicted octanol–water partition coefficient (Wildman–Crippen LogP) is 0.748. The summed E-state index contributed by atoms with van der Waals surface area (Å²) in [5.41, 5.74) is 0.164. The minimum absolute atomic E-state index is 0.254. The van der Waals surface area contributed by atoms with Gasteiger partial charge >= 0.3 is 5.97 Å². The summed E-state index contributed by atoms with van der Waals surface area (Å²) in [5, 5.41) is 0. The van der Waals surface area contributed by atoms with Crippen LogP contribution >= 0.6 is 0 Å². The highest BCUT2D eigenvalue weighted by Gasteiger charge is 2.40. The van der Waals surface area contributed by atoms with Gasteiger partial charge in [0.2, 0.25) is 0 Å². The SMILES string of the molecule is Cn1cncc1C1(C)C=COC1=O. The number of aromatic nitrogens is 2. The van der Waals surface area contributed by atoms with Gasteiger partial charge in [0, 0.05) is 13.2 Å². The monoisotopic (exact) mass is 178 g/mol. The minimum atomic E-state index is -0.675. The number of carbonyl (C=O) groups is 1. The number of ether oxygens (including phenoxy) is 1. The first-order valence-corrected chi connectivity index (χ1v) is 4.00. The van der Waals surface area contributed by atoms with Crippen molar-refractivity contribution in [1.82, 2.24) is 9.55 Å². The Morgan fingerprint density at radius 1 is 1.62 bits per heavy atom. The van der Waals surface area contributed by atoms with Crippen molar-refractivity contribution in [3.8, 4) is 0 Å². The summed E-state index contributed by atoms with van der Waals surface area (Å²) in [7, 11) is 1.85. The van der Waals surface area contributed by atoms with Crippen molar-refractivity contribution in [2.45, 2.75) is 12.3 Å². The summed E-state index contributed by atoms with van der Waals surface area (Å²) in [6, 6.07) is 0. The van der Waals surface area contributed by atoms with Crippen LogP contribution in [0.2, 0.25) is 0 Å². The number of esters is 1. The maximum absolute atomic E-state index is 11.4. The van der Waals surface area contributed by atoms with Crippen molar-refractivity contribution in [3.63, 3.8) is 0 Å². The Balaban J connectivity index is 2.51. The lowest BCUT2D eigenvalue weighted by atomic mass is 9.88. The van der Waals surface area contributed by atoms with Crippen molar-refractivity contribution < 1.29 is 9.53 Å². The number of hydrogen-bond acceptors (Lipinski definition) is 3. The first-order valence-electron chi connectivity index (χ1n) is 4.00. The topological polar surface area (TPSA) is 44.1 Å². The van der Waals surface area contributed by atoms with Gasteiger partial charge < -0.3 is 9.30 Å². The molecule has 4 nitrogen and oxygen atoms in total. The van der Waals surface area contributed by atoms with E-state index in [1.165, 1.54) is 6.26 Å². The maximum Gasteiger partial charge on any atom is 0.326 e. The second kappa shape index (κ2) is 2.45. The van der Waals surface area contributed by atoms with Crippen molar-refractivity contribution in [2.24, 2.45) is 7.05 Å². The van der Waals surface area contributed by atoms with Crippen molar-refractivity contribution in [2.75, 3.05) is 0 Å². The number of cyclic esters (lactones) is 1. The van der Waals surface area contributed by atoms with E-state index < -0.39 is 5.41 Å². The summed E-state index contributed by atoms with van der Waals surface area (Å²) in [5.74, 6) is -0.254. The average molecular weight is 178 g/mol. The van der Waals surface area contributed by atoms with Crippen molar-refractivity contribution in [3.05, 3.63) is 30.6 Å². The van der Waals surface area contributed by atoms with E-state index in [2.05, 4.69) is 4.98 Å². The van der Waals surface area contributed by atoms with Gasteiger partial charge in [-0.15, -0.1) is 0 Å². The average Bonchev–Trinajstić information content (AvgIpc) is 2.62. The summed E-state index contributed by atoms with van der Waals surface area (Å²) in [6.07, 6.45) is 6.51. The van der Waals surface area contributed by atoms with Gasteiger partial charge in [-0.25, -0.2) is 4.98 Å². The molecule has 13 heavy (non-hydrogen) atoms. The van der Waals surface area contributed by atoms with Gasteiger partial charge in [0.1, 0.15) is 5.41 Å². The van der Waals surface area contributed by atoms with Crippen LogP contribution in [-0.2, 0) is 22.0 Å². The lowest BCUT2D eigenvalue weighted by Crippen LogP contribution is -2.29. The van der Waals surface area contributed by atoms with Crippen molar-refractivity contribution in [1.29, 1.82) is 0 Å². The molecule has 1 aliphatic rings. The Hall–Kier alpha value is -1.58. The van der Waals surface area contributed by atoms with Gasteiger partial charge in [-0.05, 0) is 13.0 Å². The highest BCUT2D eigenvalue weighted by atomic mass is 16.5. The number of carbonyl (C=O) groups excluding carboxylic acids is 1. The highest BCUT2D eigenvalue weighted by molar-refractivity contribution is 5.87. The molecule has 0 saturated heterocycles. The van der Waals surface area contributed by atoms with Gasteiger partial charge in [-0.3, -0.25) is 4.79 Å². The molecular formula is C9H10N2O2. The largest absolute Gasteiger partial charge is 0.434 e. The number of imidazole rings is 1. The smallest absolute Gasteiger partial charge is 0.326 e. The van der Waals surface area contributed by atoms with Crippen LogP contribution < -0.4 is 0 Å². The molecule has 0 fully saturated rings. The second-order valence-corrected chi connectivity index (χ2v) is 3.30. The van der Waals surface area contributed by atoms with E-state index in [4.69, 9.17) is 4.74 Å². The molecule has 2 heterocycles. The first kappa shape index (κ1) is 8.04. The number of nitrogens with zero attached hydrogens (tertiary/aromatic N) is 2. The van der Waals surface area contributed by atoms with Crippen LogP contribution in [0.25, 0.3) is 0 Å². The molecule has 0 spiro atoms. The van der Waals surface area contributed by atoms with E-state index in [-0.39, 0.29) is 5.97 Å². The number of rotatable bonds is 1. The van der Waals surface area contributed by atoms with Gasteiger partial charge in [0.25, 0.3) is 0 Å². The molecule has 4 heteroatoms. The van der Waals surface area contributed by atoms with E-state index in [1.54, 1.807) is 18.6 Å². The predicted molar refractivity (Wildman–Crippen MR) is 45.8 cm³/mol. The molecule has 0 radical (unpaired) electrons. The minimum Gasteiger partial charge on any atom is -0.434 e. The molecule has 1 atom stereocenters. The van der Waals surface area contributed by atoms with Crippen LogP contribution in [0.3, 0.4) is 0 Å². The number of hydrogen-bond donors (Lipinski definition) is 0. The zero-order valence-corrected chi connectivity index (χ0v) is 7.52. The molecule has 68 valence electrons. The van der Waals surface area contributed by atoms with Gasteiger partial charge in [0.15, 0.2) is 0 Å². The zero-order valence-electron chi connectivity index (χ0n) is 7.52. The van der Waals surface area contributed by atoms with Crippen LogP contribution in [0.5, 0.6) is 0 Å². The van der Waals surface area contributed by atoms with Crippen molar-refractivity contribution >= 4 is 5.97 Å². The fourth-order valence-electron chi connectivity index (χ4n) is 1.47. The van der Waals surface area contributed by atoms with E-state index in [9.17, 15) is 4.79 Å². The standard InChI is InChI=1S/C9H10N2O2/c1-9(3-4-13-8(9)12)7-5-10-6-11(7)2/h3-6H,1-2H3. The third-order valence-electron chi connectivity index (χ3n) is 2.35. The lowest BCUT2D eigenvalue weighted by molar-refractivity contribution is -0.140. The molecule has 0 N–H and O–H groups in total. The Labute approximate surface area is 75.8 Å². The van der Waals surface area contributed by atoms with Crippen LogP contribution in [0.1, 0.15) is 12.6 Å². The van der Waals surface area contributed by atoms with E-state index in [1.807, 2.05) is 18.5 Å². The molecule has 0 saturated carbocycles. The first-order chi connectivity index (χ1) is 6.14. The highest BCUT2D eigenvalue weighted by Crippen LogP contribution is 2.30. The Kier molecular flexibility index (Phi) is 1.52. The Morgan fingerprint density at radius 3 is 2.85 bits per heavy atom. The number of aryl methyl sites for hydroxylation is 1. The van der Waals surface area contributed by atoms with Gasteiger partial charge in [-0.1, -0.05) is 0 Å². The fraction of sp³-hybridized carbons (Fsp3) is 0.333. The molecule has 0 bridgehead atoms.